The Balaban J connectivity index is 1.87. The van der Waals surface area contributed by atoms with Crippen LogP contribution in [0.4, 0.5) is 0 Å². The van der Waals surface area contributed by atoms with E-state index < -0.39 is 18.6 Å². The van der Waals surface area contributed by atoms with Crippen molar-refractivity contribution in [2.75, 3.05) is 0 Å². The molecule has 0 unspecified atom stereocenters. The van der Waals surface area contributed by atoms with Gasteiger partial charge in [-0.2, -0.15) is 0 Å². The summed E-state index contributed by atoms with van der Waals surface area (Å²) in [5.41, 5.74) is 3.38. The van der Waals surface area contributed by atoms with Crippen molar-refractivity contribution in [3.05, 3.63) is 77.5 Å². The highest BCUT2D eigenvalue weighted by Crippen LogP contribution is 2.39. The monoisotopic (exact) mass is 413 g/mol. The molecule has 0 bridgehead atoms. The van der Waals surface area contributed by atoms with Crippen LogP contribution in [0.5, 0.6) is 0 Å². The zero-order valence-electron chi connectivity index (χ0n) is 23.6. The lowest BCUT2D eigenvalue weighted by Crippen LogP contribution is -2.32. The van der Waals surface area contributed by atoms with Crippen LogP contribution in [0.3, 0.4) is 0 Å². The van der Waals surface area contributed by atoms with Crippen LogP contribution in [0.25, 0.3) is 44.0 Å². The maximum Gasteiger partial charge on any atom is 0.216 e. The molecule has 156 valence electrons. The normalized spacial score (nSPS) is 15.6. The maximum atomic E-state index is 8.94. The van der Waals surface area contributed by atoms with E-state index in [0.29, 0.717) is 11.3 Å². The molecule has 31 heavy (non-hydrogen) atoms. The molecule has 0 spiro atoms. The second kappa shape index (κ2) is 6.95. The van der Waals surface area contributed by atoms with Gasteiger partial charge in [0.2, 0.25) is 5.69 Å². The van der Waals surface area contributed by atoms with Gasteiger partial charge >= 0.3 is 0 Å². The Morgan fingerprint density at radius 2 is 1.71 bits per heavy atom. The highest BCUT2D eigenvalue weighted by molar-refractivity contribution is 6.13. The number of pyridine rings is 1. The van der Waals surface area contributed by atoms with Crippen molar-refractivity contribution in [2.45, 2.75) is 40.9 Å². The fourth-order valence-electron chi connectivity index (χ4n) is 4.35. The van der Waals surface area contributed by atoms with Gasteiger partial charge in [-0.25, -0.2) is 4.57 Å². The number of aromatic nitrogens is 1. The maximum absolute atomic E-state index is 8.94. The Morgan fingerprint density at radius 3 is 2.42 bits per heavy atom. The van der Waals surface area contributed by atoms with Crippen molar-refractivity contribution in [1.29, 1.82) is 0 Å². The number of hydrogen-bond donors (Lipinski definition) is 0. The Hall–Kier alpha value is -3.13. The lowest BCUT2D eigenvalue weighted by Gasteiger charge is -2.19. The number of nitrogens with zero attached hydrogens (tertiary/aromatic N) is 1. The van der Waals surface area contributed by atoms with Crippen molar-refractivity contribution in [1.82, 2.24) is 0 Å². The van der Waals surface area contributed by atoms with Crippen LogP contribution < -0.4 is 4.57 Å². The molecule has 0 N–H and O–H groups in total. The van der Waals surface area contributed by atoms with Gasteiger partial charge in [0, 0.05) is 29.3 Å². The van der Waals surface area contributed by atoms with Gasteiger partial charge < -0.3 is 4.42 Å². The number of furan rings is 1. The average Bonchev–Trinajstić information content (AvgIpc) is 3.13. The Labute approximate surface area is 191 Å². The predicted octanol–water partition coefficient (Wildman–Crippen LogP) is 7.44. The second-order valence-corrected chi connectivity index (χ2v) is 9.40. The molecule has 0 amide bonds. The Bertz CT molecular complexity index is 1650. The molecule has 0 fully saturated rings. The van der Waals surface area contributed by atoms with E-state index in [4.69, 9.17) is 11.3 Å². The van der Waals surface area contributed by atoms with E-state index in [-0.39, 0.29) is 11.1 Å². The largest absolute Gasteiger partial charge is 0.455 e. The van der Waals surface area contributed by atoms with E-state index in [1.807, 2.05) is 31.2 Å². The van der Waals surface area contributed by atoms with Crippen molar-refractivity contribution in [2.24, 2.45) is 12.5 Å². The summed E-state index contributed by atoms with van der Waals surface area (Å²) >= 11 is 0. The van der Waals surface area contributed by atoms with Crippen molar-refractivity contribution in [3.63, 3.8) is 0 Å². The van der Waals surface area contributed by atoms with Gasteiger partial charge in [-0.3, -0.25) is 0 Å². The molecule has 2 aromatic heterocycles. The third kappa shape index (κ3) is 3.40. The van der Waals surface area contributed by atoms with E-state index in [2.05, 4.69) is 24.3 Å². The summed E-state index contributed by atoms with van der Waals surface area (Å²) in [5.74, 6) is 0. The molecule has 0 atom stereocenters. The smallest absolute Gasteiger partial charge is 0.216 e. The van der Waals surface area contributed by atoms with Crippen molar-refractivity contribution in [3.8, 4) is 11.3 Å². The molecule has 3 aromatic carbocycles. The molecule has 0 aliphatic carbocycles. The minimum Gasteiger partial charge on any atom is -0.455 e. The van der Waals surface area contributed by atoms with Gasteiger partial charge in [0.1, 0.15) is 18.2 Å². The van der Waals surface area contributed by atoms with Crippen LogP contribution in [0, 0.1) is 19.2 Å². The molecular formula is C29H30NO+. The highest BCUT2D eigenvalue weighted by atomic mass is 16.3. The van der Waals surface area contributed by atoms with E-state index in [1.54, 1.807) is 44.6 Å². The topological polar surface area (TPSA) is 17.0 Å². The molecule has 0 aliphatic heterocycles. The number of fused-ring (bicyclic) bond motifs is 4. The molecular weight excluding hydrogens is 378 g/mol. The minimum atomic E-state index is -2.45. The molecule has 0 radical (unpaired) electrons. The molecule has 0 aliphatic rings. The van der Waals surface area contributed by atoms with E-state index in [9.17, 15) is 0 Å². The molecule has 2 heterocycles. The number of aryl methyl sites for hydroxylation is 3. The first-order valence-electron chi connectivity index (χ1n) is 13.1. The summed E-state index contributed by atoms with van der Waals surface area (Å²) in [4.78, 5) is 0. The first-order valence-corrected chi connectivity index (χ1v) is 10.6. The zero-order valence-corrected chi connectivity index (χ0v) is 18.6. The van der Waals surface area contributed by atoms with Gasteiger partial charge in [-0.05, 0) is 59.6 Å². The predicted molar refractivity (Wildman–Crippen MR) is 130 cm³/mol. The highest BCUT2D eigenvalue weighted by Gasteiger charge is 2.23. The summed E-state index contributed by atoms with van der Waals surface area (Å²) in [7, 11) is 1.80. The van der Waals surface area contributed by atoms with Crippen LogP contribution in [0.2, 0.25) is 0 Å². The van der Waals surface area contributed by atoms with Gasteiger partial charge in [-0.15, -0.1) is 0 Å². The molecule has 0 saturated carbocycles. The number of rotatable bonds is 2. The van der Waals surface area contributed by atoms with E-state index >= 15 is 0 Å². The van der Waals surface area contributed by atoms with Crippen LogP contribution in [-0.4, -0.2) is 0 Å². The Kier molecular flexibility index (Phi) is 3.32. The number of hydrogen-bond acceptors (Lipinski definition) is 1. The summed E-state index contributed by atoms with van der Waals surface area (Å²) in [6, 6.07) is 18.1. The summed E-state index contributed by atoms with van der Waals surface area (Å²) in [6.45, 7) is 4.91. The van der Waals surface area contributed by atoms with Crippen LogP contribution in [0.1, 0.15) is 44.3 Å². The quantitative estimate of drug-likeness (QED) is 0.275. The Morgan fingerprint density at radius 1 is 0.968 bits per heavy atom. The lowest BCUT2D eigenvalue weighted by molar-refractivity contribution is -0.660. The molecule has 0 saturated heterocycles. The third-order valence-corrected chi connectivity index (χ3v) is 5.76. The lowest BCUT2D eigenvalue weighted by atomic mass is 9.86. The minimum absolute atomic E-state index is 0.0226. The van der Waals surface area contributed by atoms with Gasteiger partial charge in [-0.1, -0.05) is 57.2 Å². The van der Waals surface area contributed by atoms with E-state index in [0.717, 1.165) is 38.3 Å². The second-order valence-electron chi connectivity index (χ2n) is 9.40. The molecule has 2 nitrogen and oxygen atoms in total. The van der Waals surface area contributed by atoms with Gasteiger partial charge in [0.25, 0.3) is 0 Å². The fraction of sp³-hybridized carbons (Fsp3) is 0.276. The summed E-state index contributed by atoms with van der Waals surface area (Å²) in [5, 5.41) is 4.20. The fourth-order valence-corrected chi connectivity index (χ4v) is 4.35. The van der Waals surface area contributed by atoms with Gasteiger partial charge in [0.15, 0.2) is 6.20 Å². The van der Waals surface area contributed by atoms with Crippen LogP contribution >= 0.6 is 0 Å². The van der Waals surface area contributed by atoms with Crippen LogP contribution in [0.15, 0.2) is 65.2 Å². The third-order valence-electron chi connectivity index (χ3n) is 5.76. The first-order chi connectivity index (χ1) is 16.7. The summed E-state index contributed by atoms with van der Waals surface area (Å²) in [6.07, 6.45) is -0.330. The van der Waals surface area contributed by atoms with E-state index in [1.165, 1.54) is 0 Å². The molecule has 2 heteroatoms. The number of benzene rings is 3. The van der Waals surface area contributed by atoms with Gasteiger partial charge in [0.05, 0.1) is 5.56 Å². The standard InChI is InChI=1S/C29H30NO/c1-18-11-12-23-24-13-20-9-7-8-10-21(20)15-26(24)31-28(23)27(18)25-14-22(16-29(3,4)5)19(2)17-30(25)6/h7-15,17H,16H2,1-6H3/q+1/i2D3,16D2. The molecule has 5 rings (SSSR count). The summed E-state index contributed by atoms with van der Waals surface area (Å²) < 4.78 is 50.5. The van der Waals surface area contributed by atoms with Crippen molar-refractivity contribution < 1.29 is 15.8 Å². The average molecular weight is 414 g/mol. The SMILES string of the molecule is [2H]C([2H])([2H])c1c[n+](C)c(-c2c(C)ccc3c2oc2cc4ccccc4cc23)cc1C([2H])([2H])C(C)(C)C. The zero-order chi connectivity index (χ0) is 26.2. The van der Waals surface area contributed by atoms with Crippen molar-refractivity contribution >= 4 is 32.7 Å². The first kappa shape index (κ1) is 14.8. The molecule has 5 aromatic rings. The van der Waals surface area contributed by atoms with Crippen LogP contribution in [-0.2, 0) is 13.4 Å².